The number of hydrogen-bond donors (Lipinski definition) is 1. The Morgan fingerprint density at radius 2 is 1.86 bits per heavy atom. The van der Waals surface area contributed by atoms with Crippen LogP contribution in [0.2, 0.25) is 0 Å². The van der Waals surface area contributed by atoms with Gasteiger partial charge >= 0.3 is 0 Å². The van der Waals surface area contributed by atoms with E-state index >= 15 is 0 Å². The molecule has 0 bridgehead atoms. The van der Waals surface area contributed by atoms with E-state index < -0.39 is 0 Å². The number of hydrogen-bond acceptors (Lipinski definition) is 3. The monoisotopic (exact) mass is 386 g/mol. The van der Waals surface area contributed by atoms with Crippen LogP contribution in [0.1, 0.15) is 46.3 Å². The summed E-state index contributed by atoms with van der Waals surface area (Å²) in [6.45, 7) is 6.25. The second kappa shape index (κ2) is 8.08. The summed E-state index contributed by atoms with van der Waals surface area (Å²) in [6.07, 6.45) is 4.96. The van der Waals surface area contributed by atoms with Crippen LogP contribution in [0.4, 0.5) is 0 Å². The largest absolute Gasteiger partial charge is 0.490 e. The summed E-state index contributed by atoms with van der Waals surface area (Å²) in [6, 6.07) is 16.1. The molecule has 1 aliphatic heterocycles. The van der Waals surface area contributed by atoms with Gasteiger partial charge in [-0.15, -0.1) is 0 Å². The lowest BCUT2D eigenvalue weighted by molar-refractivity contribution is -0.120. The van der Waals surface area contributed by atoms with Crippen molar-refractivity contribution in [1.29, 1.82) is 0 Å². The number of fused-ring (bicyclic) bond motifs is 1. The van der Waals surface area contributed by atoms with Crippen molar-refractivity contribution in [3.05, 3.63) is 94.3 Å². The fourth-order valence-electron chi connectivity index (χ4n) is 3.84. The van der Waals surface area contributed by atoms with E-state index in [2.05, 4.69) is 55.3 Å². The second-order valence-corrected chi connectivity index (χ2v) is 7.88. The van der Waals surface area contributed by atoms with E-state index in [1.54, 1.807) is 12.4 Å². The molecule has 0 spiro atoms. The number of nitrogens with one attached hydrogen (secondary N) is 1. The topological polar surface area (TPSA) is 51.2 Å². The SMILES string of the molecule is Cc1ccc([C@H](NC(=O)Cc2ccc3c(c2)C[C@@H](C)O3)c2ccncc2)cc1C. The summed E-state index contributed by atoms with van der Waals surface area (Å²) in [7, 11) is 0. The molecule has 1 N–H and O–H groups in total. The molecule has 29 heavy (non-hydrogen) atoms. The minimum Gasteiger partial charge on any atom is -0.490 e. The molecule has 4 rings (SSSR count). The summed E-state index contributed by atoms with van der Waals surface area (Å²) < 4.78 is 5.76. The predicted octanol–water partition coefficient (Wildman–Crippen LogP) is 4.47. The number of nitrogens with zero attached hydrogens (tertiary/aromatic N) is 1. The van der Waals surface area contributed by atoms with Crippen molar-refractivity contribution >= 4 is 5.91 Å². The lowest BCUT2D eigenvalue weighted by Crippen LogP contribution is -2.30. The first kappa shape index (κ1) is 19.2. The fourth-order valence-corrected chi connectivity index (χ4v) is 3.84. The first-order valence-corrected chi connectivity index (χ1v) is 10.0. The lowest BCUT2D eigenvalue weighted by atomic mass is 9.96. The molecular formula is C25H26N2O2. The summed E-state index contributed by atoms with van der Waals surface area (Å²) in [4.78, 5) is 17.0. The maximum Gasteiger partial charge on any atom is 0.225 e. The highest BCUT2D eigenvalue weighted by Crippen LogP contribution is 2.30. The van der Waals surface area contributed by atoms with E-state index in [-0.39, 0.29) is 18.1 Å². The van der Waals surface area contributed by atoms with Crippen LogP contribution in [0.15, 0.2) is 60.9 Å². The number of amides is 1. The number of aryl methyl sites for hydroxylation is 2. The van der Waals surface area contributed by atoms with Crippen LogP contribution in [0, 0.1) is 13.8 Å². The maximum absolute atomic E-state index is 12.9. The van der Waals surface area contributed by atoms with Crippen LogP contribution in [-0.4, -0.2) is 17.0 Å². The zero-order valence-corrected chi connectivity index (χ0v) is 17.1. The summed E-state index contributed by atoms with van der Waals surface area (Å²) in [5, 5.41) is 3.22. The standard InChI is InChI=1S/C25H26N2O2/c1-16-4-6-21(12-17(16)2)25(20-8-10-26-11-9-20)27-24(28)15-19-5-7-23-22(14-19)13-18(3)29-23/h4-12,14,18,25H,13,15H2,1-3H3,(H,27,28)/t18-,25-/m1/s1. The first-order chi connectivity index (χ1) is 14.0. The Hall–Kier alpha value is -3.14. The van der Waals surface area contributed by atoms with Gasteiger partial charge in [-0.3, -0.25) is 9.78 Å². The van der Waals surface area contributed by atoms with Gasteiger partial charge in [-0.1, -0.05) is 30.3 Å². The van der Waals surface area contributed by atoms with E-state index in [9.17, 15) is 4.79 Å². The van der Waals surface area contributed by atoms with Crippen molar-refractivity contribution in [3.8, 4) is 5.75 Å². The molecule has 3 aromatic rings. The summed E-state index contributed by atoms with van der Waals surface area (Å²) >= 11 is 0. The predicted molar refractivity (Wildman–Crippen MR) is 114 cm³/mol. The molecule has 2 heterocycles. The minimum atomic E-state index is -0.206. The molecule has 2 atom stereocenters. The van der Waals surface area contributed by atoms with Gasteiger partial charge < -0.3 is 10.1 Å². The van der Waals surface area contributed by atoms with E-state index in [1.807, 2.05) is 24.3 Å². The van der Waals surface area contributed by atoms with Gasteiger partial charge in [0.1, 0.15) is 11.9 Å². The molecule has 0 saturated carbocycles. The van der Waals surface area contributed by atoms with Crippen LogP contribution in [0.3, 0.4) is 0 Å². The number of carbonyl (C=O) groups excluding carboxylic acids is 1. The molecule has 0 aliphatic carbocycles. The minimum absolute atomic E-state index is 0.00282. The van der Waals surface area contributed by atoms with E-state index in [0.29, 0.717) is 6.42 Å². The average molecular weight is 386 g/mol. The van der Waals surface area contributed by atoms with Crippen molar-refractivity contribution in [2.24, 2.45) is 0 Å². The number of benzene rings is 2. The average Bonchev–Trinajstić information content (AvgIpc) is 3.08. The summed E-state index contributed by atoms with van der Waals surface area (Å²) in [5.74, 6) is 0.934. The third-order valence-corrected chi connectivity index (χ3v) is 5.53. The highest BCUT2D eigenvalue weighted by Gasteiger charge is 2.21. The van der Waals surface area contributed by atoms with E-state index in [1.165, 1.54) is 16.7 Å². The van der Waals surface area contributed by atoms with Crippen LogP contribution >= 0.6 is 0 Å². The highest BCUT2D eigenvalue weighted by atomic mass is 16.5. The van der Waals surface area contributed by atoms with Gasteiger partial charge in [0.25, 0.3) is 0 Å². The molecule has 148 valence electrons. The highest BCUT2D eigenvalue weighted by molar-refractivity contribution is 5.79. The summed E-state index contributed by atoms with van der Waals surface area (Å²) in [5.41, 5.74) is 6.73. The molecule has 0 fully saturated rings. The Balaban J connectivity index is 1.55. The quantitative estimate of drug-likeness (QED) is 0.704. The van der Waals surface area contributed by atoms with Crippen molar-refractivity contribution in [2.75, 3.05) is 0 Å². The van der Waals surface area contributed by atoms with Crippen LogP contribution in [0.25, 0.3) is 0 Å². The normalized spacial score (nSPS) is 16.0. The number of rotatable bonds is 5. The Bertz CT molecular complexity index is 1030. The van der Waals surface area contributed by atoms with Crippen LogP contribution < -0.4 is 10.1 Å². The van der Waals surface area contributed by atoms with Gasteiger partial charge in [-0.2, -0.15) is 0 Å². The van der Waals surface area contributed by atoms with Crippen molar-refractivity contribution in [1.82, 2.24) is 10.3 Å². The number of pyridine rings is 1. The third kappa shape index (κ3) is 4.32. The molecule has 4 nitrogen and oxygen atoms in total. The molecule has 2 aromatic carbocycles. The molecule has 1 aromatic heterocycles. The number of carbonyl (C=O) groups is 1. The molecular weight excluding hydrogens is 360 g/mol. The zero-order chi connectivity index (χ0) is 20.4. The van der Waals surface area contributed by atoms with Crippen molar-refractivity contribution in [3.63, 3.8) is 0 Å². The molecule has 0 radical (unpaired) electrons. The molecule has 4 heteroatoms. The van der Waals surface area contributed by atoms with Crippen molar-refractivity contribution < 1.29 is 9.53 Å². The zero-order valence-electron chi connectivity index (χ0n) is 17.1. The van der Waals surface area contributed by atoms with Crippen LogP contribution in [0.5, 0.6) is 5.75 Å². The number of ether oxygens (including phenoxy) is 1. The van der Waals surface area contributed by atoms with Gasteiger partial charge in [0.05, 0.1) is 12.5 Å². The van der Waals surface area contributed by atoms with Gasteiger partial charge in [0.15, 0.2) is 0 Å². The van der Waals surface area contributed by atoms with Gasteiger partial charge in [0, 0.05) is 18.8 Å². The Morgan fingerprint density at radius 3 is 2.62 bits per heavy atom. The molecule has 0 saturated heterocycles. The van der Waals surface area contributed by atoms with Gasteiger partial charge in [-0.05, 0) is 72.4 Å². The van der Waals surface area contributed by atoms with Crippen molar-refractivity contribution in [2.45, 2.75) is 45.8 Å². The first-order valence-electron chi connectivity index (χ1n) is 10.0. The smallest absolute Gasteiger partial charge is 0.225 e. The van der Waals surface area contributed by atoms with Gasteiger partial charge in [0.2, 0.25) is 5.91 Å². The Kier molecular flexibility index (Phi) is 5.34. The second-order valence-electron chi connectivity index (χ2n) is 7.88. The van der Waals surface area contributed by atoms with Crippen LogP contribution in [-0.2, 0) is 17.6 Å². The molecule has 1 amide bonds. The van der Waals surface area contributed by atoms with E-state index in [4.69, 9.17) is 4.74 Å². The third-order valence-electron chi connectivity index (χ3n) is 5.53. The number of aromatic nitrogens is 1. The lowest BCUT2D eigenvalue weighted by Gasteiger charge is -2.21. The Labute approximate surface area is 172 Å². The maximum atomic E-state index is 12.9. The molecule has 0 unspecified atom stereocenters. The Morgan fingerprint density at radius 1 is 1.07 bits per heavy atom. The molecule has 1 aliphatic rings. The fraction of sp³-hybridized carbons (Fsp3) is 0.280. The van der Waals surface area contributed by atoms with E-state index in [0.717, 1.165) is 28.9 Å². The van der Waals surface area contributed by atoms with Gasteiger partial charge in [-0.25, -0.2) is 0 Å².